The van der Waals surface area contributed by atoms with E-state index in [1.807, 2.05) is 36.6 Å². The average Bonchev–Trinajstić information content (AvgIpc) is 3.26. The van der Waals surface area contributed by atoms with Crippen LogP contribution in [0.3, 0.4) is 0 Å². The maximum absolute atomic E-state index is 13.4. The normalized spacial score (nSPS) is 12.0. The van der Waals surface area contributed by atoms with Crippen LogP contribution in [0.4, 0.5) is 4.39 Å². The van der Waals surface area contributed by atoms with Crippen LogP contribution in [0.2, 0.25) is 0 Å². The van der Waals surface area contributed by atoms with Crippen LogP contribution in [0.15, 0.2) is 52.7 Å². The average molecular weight is 431 g/mol. The monoisotopic (exact) mass is 430 g/mol. The molecule has 2 heterocycles. The molecule has 0 aliphatic heterocycles. The molecule has 150 valence electrons. The minimum absolute atomic E-state index is 0.0504. The largest absolute Gasteiger partial charge is 0.240 e. The van der Waals surface area contributed by atoms with E-state index in [0.29, 0.717) is 17.8 Å². The standard InChI is InChI=1S/C20H19FN4O2S2/c1-13-5-3-4-6-17(13)19-23-20-25(24-19)15(12-28-20)9-10-22-29(26,27)16-7-8-18(21)14(2)11-16/h3-8,11-12,22H,9-10H2,1-2H3. The first-order valence-corrected chi connectivity index (χ1v) is 11.4. The Hall–Kier alpha value is -2.62. The molecule has 0 aliphatic carbocycles. The number of nitrogens with one attached hydrogen (secondary N) is 1. The topological polar surface area (TPSA) is 76.4 Å². The lowest BCUT2D eigenvalue weighted by Crippen LogP contribution is -2.26. The van der Waals surface area contributed by atoms with Crippen LogP contribution in [0.1, 0.15) is 16.8 Å². The summed E-state index contributed by atoms with van der Waals surface area (Å²) in [5, 5.41) is 6.52. The molecule has 0 amide bonds. The van der Waals surface area contributed by atoms with Crippen molar-refractivity contribution in [2.24, 2.45) is 0 Å². The Bertz CT molecular complexity index is 1300. The number of hydrogen-bond acceptors (Lipinski definition) is 5. The third-order valence-corrected chi connectivity index (χ3v) is 6.97. The second-order valence-electron chi connectivity index (χ2n) is 6.73. The van der Waals surface area contributed by atoms with Gasteiger partial charge in [0.15, 0.2) is 5.82 Å². The molecule has 0 atom stereocenters. The lowest BCUT2D eigenvalue weighted by atomic mass is 10.1. The molecule has 0 aliphatic rings. The molecule has 4 aromatic rings. The van der Waals surface area contributed by atoms with Crippen molar-refractivity contribution in [3.63, 3.8) is 0 Å². The van der Waals surface area contributed by atoms with Gasteiger partial charge in [0.25, 0.3) is 0 Å². The molecule has 1 N–H and O–H groups in total. The van der Waals surface area contributed by atoms with Gasteiger partial charge in [-0.25, -0.2) is 22.0 Å². The molecular formula is C20H19FN4O2S2. The van der Waals surface area contributed by atoms with Crippen LogP contribution in [0.5, 0.6) is 0 Å². The second-order valence-corrected chi connectivity index (χ2v) is 9.33. The van der Waals surface area contributed by atoms with Gasteiger partial charge in [0, 0.05) is 23.9 Å². The van der Waals surface area contributed by atoms with Crippen LogP contribution in [-0.2, 0) is 16.4 Å². The number of thiazole rings is 1. The van der Waals surface area contributed by atoms with E-state index in [-0.39, 0.29) is 11.4 Å². The van der Waals surface area contributed by atoms with E-state index in [9.17, 15) is 12.8 Å². The van der Waals surface area contributed by atoms with Crippen molar-refractivity contribution >= 4 is 26.3 Å². The molecular weight excluding hydrogens is 411 g/mol. The van der Waals surface area contributed by atoms with Gasteiger partial charge in [-0.15, -0.1) is 16.4 Å². The fourth-order valence-electron chi connectivity index (χ4n) is 3.02. The third kappa shape index (κ3) is 3.93. The van der Waals surface area contributed by atoms with E-state index >= 15 is 0 Å². The number of hydrogen-bond donors (Lipinski definition) is 1. The maximum atomic E-state index is 13.4. The summed E-state index contributed by atoms with van der Waals surface area (Å²) in [6, 6.07) is 11.7. The summed E-state index contributed by atoms with van der Waals surface area (Å²) < 4.78 is 42.6. The van der Waals surface area contributed by atoms with Crippen molar-refractivity contribution in [3.05, 3.63) is 70.5 Å². The SMILES string of the molecule is Cc1cc(S(=O)(=O)NCCc2csc3nc(-c4ccccc4C)nn23)ccc1F. The minimum Gasteiger partial charge on any atom is -0.211 e. The molecule has 0 radical (unpaired) electrons. The zero-order chi connectivity index (χ0) is 20.6. The molecule has 0 saturated heterocycles. The van der Waals surface area contributed by atoms with Crippen LogP contribution in [0.25, 0.3) is 16.3 Å². The molecule has 0 saturated carbocycles. The third-order valence-electron chi connectivity index (χ3n) is 4.65. The Morgan fingerprint density at radius 2 is 1.93 bits per heavy atom. The van der Waals surface area contributed by atoms with Crippen molar-refractivity contribution in [1.29, 1.82) is 0 Å². The smallest absolute Gasteiger partial charge is 0.211 e. The molecule has 2 aromatic heterocycles. The van der Waals surface area contributed by atoms with Gasteiger partial charge < -0.3 is 0 Å². The molecule has 2 aromatic carbocycles. The maximum Gasteiger partial charge on any atom is 0.240 e. The fraction of sp³-hybridized carbons (Fsp3) is 0.200. The molecule has 6 nitrogen and oxygen atoms in total. The van der Waals surface area contributed by atoms with E-state index in [1.165, 1.54) is 30.4 Å². The molecule has 29 heavy (non-hydrogen) atoms. The van der Waals surface area contributed by atoms with Gasteiger partial charge in [0.05, 0.1) is 10.6 Å². The molecule has 9 heteroatoms. The molecule has 0 spiro atoms. The highest BCUT2D eigenvalue weighted by molar-refractivity contribution is 7.89. The Kier molecular flexibility index (Phi) is 5.20. The summed E-state index contributed by atoms with van der Waals surface area (Å²) in [6.45, 7) is 3.74. The van der Waals surface area contributed by atoms with Gasteiger partial charge in [-0.3, -0.25) is 0 Å². The van der Waals surface area contributed by atoms with Gasteiger partial charge >= 0.3 is 0 Å². The van der Waals surface area contributed by atoms with Gasteiger partial charge in [-0.1, -0.05) is 24.3 Å². The summed E-state index contributed by atoms with van der Waals surface area (Å²) in [4.78, 5) is 5.39. The number of aryl methyl sites for hydroxylation is 2. The Balaban J connectivity index is 1.50. The number of aromatic nitrogens is 3. The van der Waals surface area contributed by atoms with Crippen LogP contribution in [-0.4, -0.2) is 29.6 Å². The zero-order valence-electron chi connectivity index (χ0n) is 15.9. The van der Waals surface area contributed by atoms with Gasteiger partial charge in [-0.2, -0.15) is 4.98 Å². The molecule has 4 rings (SSSR count). The van der Waals surface area contributed by atoms with Crippen molar-refractivity contribution in [1.82, 2.24) is 19.3 Å². The van der Waals surface area contributed by atoms with Crippen molar-refractivity contribution in [2.75, 3.05) is 6.54 Å². The number of sulfonamides is 1. The van der Waals surface area contributed by atoms with E-state index < -0.39 is 15.8 Å². The highest BCUT2D eigenvalue weighted by atomic mass is 32.2. The summed E-state index contributed by atoms with van der Waals surface area (Å²) in [6.07, 6.45) is 0.454. The highest BCUT2D eigenvalue weighted by Crippen LogP contribution is 2.23. The Morgan fingerprint density at radius 3 is 2.69 bits per heavy atom. The Labute approximate surface area is 172 Å². The summed E-state index contributed by atoms with van der Waals surface area (Å²) in [5.41, 5.74) is 3.23. The number of nitrogens with zero attached hydrogens (tertiary/aromatic N) is 3. The lowest BCUT2D eigenvalue weighted by Gasteiger charge is -2.07. The number of rotatable bonds is 6. The fourth-order valence-corrected chi connectivity index (χ4v) is 4.99. The van der Waals surface area contributed by atoms with Crippen molar-refractivity contribution in [2.45, 2.75) is 25.2 Å². The first-order valence-electron chi connectivity index (χ1n) is 9.00. The van der Waals surface area contributed by atoms with E-state index in [0.717, 1.165) is 27.8 Å². The van der Waals surface area contributed by atoms with Gasteiger partial charge in [0.1, 0.15) is 5.82 Å². The van der Waals surface area contributed by atoms with E-state index in [1.54, 1.807) is 4.52 Å². The van der Waals surface area contributed by atoms with Gasteiger partial charge in [0.2, 0.25) is 15.0 Å². The minimum atomic E-state index is -3.71. The summed E-state index contributed by atoms with van der Waals surface area (Å²) >= 11 is 1.46. The van der Waals surface area contributed by atoms with Crippen LogP contribution in [0, 0.1) is 19.7 Å². The quantitative estimate of drug-likeness (QED) is 0.506. The second kappa shape index (κ2) is 7.66. The predicted molar refractivity (Wildman–Crippen MR) is 111 cm³/mol. The first kappa shape index (κ1) is 19.7. The number of fused-ring (bicyclic) bond motifs is 1. The Morgan fingerprint density at radius 1 is 1.14 bits per heavy atom. The predicted octanol–water partition coefficient (Wildman–Crippen LogP) is 3.73. The number of benzene rings is 2. The number of halogens is 1. The van der Waals surface area contributed by atoms with Crippen molar-refractivity contribution in [3.8, 4) is 11.4 Å². The summed E-state index contributed by atoms with van der Waals surface area (Å²) in [7, 11) is -3.71. The summed E-state index contributed by atoms with van der Waals surface area (Å²) in [5.74, 6) is 0.221. The highest BCUT2D eigenvalue weighted by Gasteiger charge is 2.16. The van der Waals surface area contributed by atoms with E-state index in [4.69, 9.17) is 0 Å². The van der Waals surface area contributed by atoms with Crippen LogP contribution >= 0.6 is 11.3 Å². The molecule has 0 fully saturated rings. The lowest BCUT2D eigenvalue weighted by molar-refractivity contribution is 0.579. The van der Waals surface area contributed by atoms with Gasteiger partial charge in [-0.05, 0) is 43.2 Å². The molecule has 0 bridgehead atoms. The van der Waals surface area contributed by atoms with Crippen molar-refractivity contribution < 1.29 is 12.8 Å². The van der Waals surface area contributed by atoms with E-state index in [2.05, 4.69) is 14.8 Å². The first-order chi connectivity index (χ1) is 13.8. The zero-order valence-corrected chi connectivity index (χ0v) is 17.5. The molecule has 0 unspecified atom stereocenters. The van der Waals surface area contributed by atoms with Crippen LogP contribution < -0.4 is 4.72 Å².